The van der Waals surface area contributed by atoms with Gasteiger partial charge in [0.15, 0.2) is 5.58 Å². The lowest BCUT2D eigenvalue weighted by Crippen LogP contribution is -2.25. The summed E-state index contributed by atoms with van der Waals surface area (Å²) in [6, 6.07) is 13.3. The van der Waals surface area contributed by atoms with Gasteiger partial charge in [-0.2, -0.15) is 0 Å². The van der Waals surface area contributed by atoms with Crippen LogP contribution in [0.1, 0.15) is 41.1 Å². The normalized spacial score (nSPS) is 13.0. The molecule has 162 valence electrons. The molecule has 3 aromatic rings. The Labute approximate surface area is 181 Å². The third-order valence-electron chi connectivity index (χ3n) is 4.94. The molecule has 1 heterocycles. The fraction of sp³-hybridized carbons (Fsp3) is 0.273. The number of benzene rings is 2. The second kappa shape index (κ2) is 10.1. The molecular formula is C22H21NO7S. The Kier molecular flexibility index (Phi) is 7.30. The van der Waals surface area contributed by atoms with E-state index in [1.165, 1.54) is 23.9 Å². The molecule has 8 nitrogen and oxygen atoms in total. The van der Waals surface area contributed by atoms with E-state index in [9.17, 15) is 19.5 Å². The molecule has 0 radical (unpaired) electrons. The molecule has 1 aromatic heterocycles. The molecule has 9 heteroatoms. The smallest absolute Gasteiger partial charge is 0.335 e. The minimum absolute atomic E-state index is 0.0825. The second-order valence-corrected chi connectivity index (χ2v) is 8.06. The molecule has 0 bridgehead atoms. The molecule has 0 aliphatic rings. The van der Waals surface area contributed by atoms with Crippen molar-refractivity contribution in [1.82, 2.24) is 4.98 Å². The first kappa shape index (κ1) is 22.4. The highest BCUT2D eigenvalue weighted by atomic mass is 32.2. The standard InChI is InChI=1S/C22H21NO7S/c24-19(25)12-16(21(28)29)15(13-7-9-14(10-8-13)20(26)27)4-3-11-31-22-23-17-5-1-2-6-18(17)30-22/h1-2,5-10,15-16H,3-4,11-12H2,(H,24,25)(H,26,27)(H,28,29). The summed E-state index contributed by atoms with van der Waals surface area (Å²) in [6.07, 6.45) is 0.501. The summed E-state index contributed by atoms with van der Waals surface area (Å²) in [5.41, 5.74) is 2.13. The van der Waals surface area contributed by atoms with Crippen LogP contribution in [0.25, 0.3) is 11.1 Å². The number of hydrogen-bond acceptors (Lipinski definition) is 6. The van der Waals surface area contributed by atoms with Crippen LogP contribution < -0.4 is 0 Å². The minimum Gasteiger partial charge on any atom is -0.481 e. The largest absolute Gasteiger partial charge is 0.481 e. The molecule has 3 rings (SSSR count). The van der Waals surface area contributed by atoms with E-state index in [0.29, 0.717) is 35.0 Å². The first-order valence-electron chi connectivity index (χ1n) is 9.61. The quantitative estimate of drug-likeness (QED) is 0.291. The van der Waals surface area contributed by atoms with Crippen molar-refractivity contribution >= 4 is 40.8 Å². The van der Waals surface area contributed by atoms with Crippen LogP contribution in [-0.2, 0) is 9.59 Å². The number of rotatable bonds is 11. The van der Waals surface area contributed by atoms with Gasteiger partial charge in [0, 0.05) is 5.75 Å². The van der Waals surface area contributed by atoms with Crippen molar-refractivity contribution in [2.24, 2.45) is 5.92 Å². The van der Waals surface area contributed by atoms with E-state index in [0.717, 1.165) is 5.52 Å². The topological polar surface area (TPSA) is 138 Å². The highest BCUT2D eigenvalue weighted by molar-refractivity contribution is 7.99. The van der Waals surface area contributed by atoms with Gasteiger partial charge in [-0.1, -0.05) is 36.0 Å². The van der Waals surface area contributed by atoms with E-state index in [2.05, 4.69) is 4.98 Å². The van der Waals surface area contributed by atoms with Crippen molar-refractivity contribution in [3.05, 3.63) is 59.7 Å². The highest BCUT2D eigenvalue weighted by Gasteiger charge is 2.31. The Hall–Kier alpha value is -3.33. The molecule has 2 unspecified atom stereocenters. The van der Waals surface area contributed by atoms with E-state index in [-0.39, 0.29) is 5.56 Å². The van der Waals surface area contributed by atoms with Gasteiger partial charge in [-0.15, -0.1) is 0 Å². The summed E-state index contributed by atoms with van der Waals surface area (Å²) in [6.45, 7) is 0. The molecule has 0 aliphatic heterocycles. The Balaban J connectivity index is 1.71. The van der Waals surface area contributed by atoms with Crippen LogP contribution in [-0.4, -0.2) is 44.0 Å². The molecule has 0 amide bonds. The van der Waals surface area contributed by atoms with Crippen LogP contribution in [0.15, 0.2) is 58.2 Å². The number of carboxylic acids is 3. The average molecular weight is 443 g/mol. The number of aromatic carboxylic acids is 1. The van der Waals surface area contributed by atoms with Crippen LogP contribution >= 0.6 is 11.8 Å². The van der Waals surface area contributed by atoms with Gasteiger partial charge in [0.1, 0.15) is 5.52 Å². The average Bonchev–Trinajstić information content (AvgIpc) is 3.15. The number of aromatic nitrogens is 1. The Morgan fingerprint density at radius 2 is 1.71 bits per heavy atom. The Morgan fingerprint density at radius 3 is 2.32 bits per heavy atom. The number of fused-ring (bicyclic) bond motifs is 1. The van der Waals surface area contributed by atoms with Gasteiger partial charge in [0.05, 0.1) is 17.9 Å². The Morgan fingerprint density at radius 1 is 1.00 bits per heavy atom. The number of hydrogen-bond donors (Lipinski definition) is 3. The third-order valence-corrected chi connectivity index (χ3v) is 5.86. The maximum absolute atomic E-state index is 11.8. The predicted octanol–water partition coefficient (Wildman–Crippen LogP) is 4.36. The maximum atomic E-state index is 11.8. The zero-order chi connectivity index (χ0) is 22.4. The lowest BCUT2D eigenvalue weighted by atomic mass is 9.80. The van der Waals surface area contributed by atoms with Crippen LogP contribution in [0.4, 0.5) is 0 Å². The minimum atomic E-state index is -1.19. The van der Waals surface area contributed by atoms with E-state index >= 15 is 0 Å². The van der Waals surface area contributed by atoms with Gasteiger partial charge in [-0.05, 0) is 48.6 Å². The van der Waals surface area contributed by atoms with Crippen molar-refractivity contribution in [3.63, 3.8) is 0 Å². The number of thioether (sulfide) groups is 1. The number of para-hydroxylation sites is 2. The molecule has 0 fully saturated rings. The van der Waals surface area contributed by atoms with E-state index in [1.807, 2.05) is 24.3 Å². The fourth-order valence-electron chi connectivity index (χ4n) is 3.44. The van der Waals surface area contributed by atoms with Gasteiger partial charge in [0.2, 0.25) is 0 Å². The van der Waals surface area contributed by atoms with Crippen LogP contribution in [0, 0.1) is 5.92 Å². The number of carbonyl (C=O) groups is 3. The Bertz CT molecular complexity index is 1040. The molecule has 2 atom stereocenters. The van der Waals surface area contributed by atoms with Crippen LogP contribution in [0.3, 0.4) is 0 Å². The molecule has 0 saturated carbocycles. The zero-order valence-corrected chi connectivity index (χ0v) is 17.2. The number of oxazole rings is 1. The highest BCUT2D eigenvalue weighted by Crippen LogP contribution is 2.34. The van der Waals surface area contributed by atoms with E-state index in [1.54, 1.807) is 12.1 Å². The van der Waals surface area contributed by atoms with Gasteiger partial charge < -0.3 is 19.7 Å². The summed E-state index contributed by atoms with van der Waals surface area (Å²) in [4.78, 5) is 38.5. The summed E-state index contributed by atoms with van der Waals surface area (Å²) < 4.78 is 5.66. The zero-order valence-electron chi connectivity index (χ0n) is 16.4. The monoisotopic (exact) mass is 443 g/mol. The van der Waals surface area contributed by atoms with Gasteiger partial charge >= 0.3 is 17.9 Å². The molecule has 3 N–H and O–H groups in total. The van der Waals surface area contributed by atoms with Crippen LogP contribution in [0.5, 0.6) is 0 Å². The second-order valence-electron chi connectivity index (χ2n) is 7.01. The summed E-state index contributed by atoms with van der Waals surface area (Å²) in [5, 5.41) is 28.4. The fourth-order valence-corrected chi connectivity index (χ4v) is 4.24. The van der Waals surface area contributed by atoms with E-state index < -0.39 is 36.2 Å². The lowest BCUT2D eigenvalue weighted by Gasteiger charge is -2.23. The molecule has 0 aliphatic carbocycles. The summed E-state index contributed by atoms with van der Waals surface area (Å²) in [5.74, 6) is -4.56. The third kappa shape index (κ3) is 5.85. The van der Waals surface area contributed by atoms with Crippen LogP contribution in [0.2, 0.25) is 0 Å². The summed E-state index contributed by atoms with van der Waals surface area (Å²) >= 11 is 1.40. The molecule has 2 aromatic carbocycles. The molecule has 0 saturated heterocycles. The predicted molar refractivity (Wildman–Crippen MR) is 113 cm³/mol. The number of aliphatic carboxylic acids is 2. The molecular weight excluding hydrogens is 422 g/mol. The number of nitrogens with zero attached hydrogens (tertiary/aromatic N) is 1. The summed E-state index contributed by atoms with van der Waals surface area (Å²) in [7, 11) is 0. The SMILES string of the molecule is O=C(O)CC(C(=O)O)C(CCCSc1nc2ccccc2o1)c1ccc(C(=O)O)cc1. The molecule has 31 heavy (non-hydrogen) atoms. The van der Waals surface area contributed by atoms with Crippen molar-refractivity contribution in [1.29, 1.82) is 0 Å². The van der Waals surface area contributed by atoms with E-state index in [4.69, 9.17) is 14.6 Å². The van der Waals surface area contributed by atoms with Gasteiger partial charge in [0.25, 0.3) is 5.22 Å². The molecule has 0 spiro atoms. The van der Waals surface area contributed by atoms with Gasteiger partial charge in [-0.25, -0.2) is 9.78 Å². The number of carboxylic acid groups (broad SMARTS) is 3. The maximum Gasteiger partial charge on any atom is 0.335 e. The van der Waals surface area contributed by atoms with Crippen molar-refractivity contribution < 1.29 is 34.1 Å². The van der Waals surface area contributed by atoms with Crippen molar-refractivity contribution in [3.8, 4) is 0 Å². The van der Waals surface area contributed by atoms with Crippen molar-refractivity contribution in [2.45, 2.75) is 30.4 Å². The lowest BCUT2D eigenvalue weighted by molar-refractivity contribution is -0.149. The van der Waals surface area contributed by atoms with Crippen molar-refractivity contribution in [2.75, 3.05) is 5.75 Å². The first-order chi connectivity index (χ1) is 14.8. The first-order valence-corrected chi connectivity index (χ1v) is 10.6. The van der Waals surface area contributed by atoms with Gasteiger partial charge in [-0.3, -0.25) is 9.59 Å².